The number of likely N-dealkylation sites (N-methyl/N-ethyl adjacent to an activating group) is 1. The molecular formula is C12H28N2. The number of rotatable bonds is 0. The van der Waals surface area contributed by atoms with Crippen LogP contribution in [-0.4, -0.2) is 37.6 Å². The molecule has 0 aromatic heterocycles. The van der Waals surface area contributed by atoms with Gasteiger partial charge in [0, 0.05) is 12.6 Å². The largest absolute Gasteiger partial charge is 0.312 e. The number of nitrogens with one attached hydrogen (secondary N) is 1. The Balaban J connectivity index is 0.000000379. The fraction of sp³-hybridized carbons (Fsp3) is 1.00. The number of piperidine rings is 1. The van der Waals surface area contributed by atoms with Gasteiger partial charge in [-0.05, 0) is 38.9 Å². The summed E-state index contributed by atoms with van der Waals surface area (Å²) in [4.78, 5) is 2.43. The van der Waals surface area contributed by atoms with Crippen LogP contribution in [0.4, 0.5) is 0 Å². The second-order valence-electron chi connectivity index (χ2n) is 3.66. The van der Waals surface area contributed by atoms with Crippen LogP contribution in [0.1, 0.15) is 40.5 Å². The van der Waals surface area contributed by atoms with E-state index >= 15 is 0 Å². The standard InChI is InChI=1S/C8H16N2.2C2H6/c1-10-5-3-7-2-4-9-8(7)6-10;2*1-2/h7-9H,2-6H2,1H3;2*1-2H3. The van der Waals surface area contributed by atoms with Crippen molar-refractivity contribution < 1.29 is 0 Å². The number of nitrogens with zero attached hydrogens (tertiary/aromatic N) is 1. The van der Waals surface area contributed by atoms with Gasteiger partial charge in [-0.2, -0.15) is 0 Å². The van der Waals surface area contributed by atoms with Crippen molar-refractivity contribution in [1.29, 1.82) is 0 Å². The third-order valence-electron chi connectivity index (χ3n) is 2.88. The molecule has 0 spiro atoms. The van der Waals surface area contributed by atoms with Crippen LogP contribution in [0.3, 0.4) is 0 Å². The predicted molar refractivity (Wildman–Crippen MR) is 64.7 cm³/mol. The van der Waals surface area contributed by atoms with Gasteiger partial charge in [0.05, 0.1) is 0 Å². The zero-order valence-corrected chi connectivity index (χ0v) is 10.6. The molecule has 2 heterocycles. The minimum Gasteiger partial charge on any atom is -0.312 e. The minimum atomic E-state index is 0.818. The van der Waals surface area contributed by atoms with Gasteiger partial charge in [-0.15, -0.1) is 0 Å². The lowest BCUT2D eigenvalue weighted by molar-refractivity contribution is 0.198. The van der Waals surface area contributed by atoms with Crippen LogP contribution in [0.15, 0.2) is 0 Å². The molecule has 2 saturated heterocycles. The van der Waals surface area contributed by atoms with E-state index in [2.05, 4.69) is 17.3 Å². The Morgan fingerprint density at radius 1 is 1.07 bits per heavy atom. The zero-order chi connectivity index (χ0) is 11.0. The highest BCUT2D eigenvalue weighted by Crippen LogP contribution is 2.23. The molecule has 2 atom stereocenters. The van der Waals surface area contributed by atoms with Crippen molar-refractivity contribution in [3.63, 3.8) is 0 Å². The maximum atomic E-state index is 3.55. The molecule has 2 aliphatic heterocycles. The first-order valence-electron chi connectivity index (χ1n) is 6.28. The molecule has 0 amide bonds. The average Bonchev–Trinajstić information content (AvgIpc) is 2.71. The van der Waals surface area contributed by atoms with Gasteiger partial charge in [-0.25, -0.2) is 0 Å². The Morgan fingerprint density at radius 2 is 1.71 bits per heavy atom. The van der Waals surface area contributed by atoms with Crippen molar-refractivity contribution in [2.24, 2.45) is 5.92 Å². The third-order valence-corrected chi connectivity index (χ3v) is 2.88. The predicted octanol–water partition coefficient (Wildman–Crippen LogP) is 2.35. The maximum Gasteiger partial charge on any atom is 0.0224 e. The maximum absolute atomic E-state index is 3.55. The molecule has 0 saturated carbocycles. The van der Waals surface area contributed by atoms with Gasteiger partial charge in [-0.3, -0.25) is 0 Å². The number of likely N-dealkylation sites (tertiary alicyclic amines) is 1. The molecule has 2 rings (SSSR count). The topological polar surface area (TPSA) is 15.3 Å². The summed E-state index contributed by atoms with van der Waals surface area (Å²) >= 11 is 0. The summed E-state index contributed by atoms with van der Waals surface area (Å²) in [7, 11) is 2.22. The smallest absolute Gasteiger partial charge is 0.0224 e. The summed E-state index contributed by atoms with van der Waals surface area (Å²) < 4.78 is 0. The third kappa shape index (κ3) is 3.97. The van der Waals surface area contributed by atoms with Gasteiger partial charge in [0.1, 0.15) is 0 Å². The second kappa shape index (κ2) is 8.25. The minimum absolute atomic E-state index is 0.818. The normalized spacial score (nSPS) is 30.6. The van der Waals surface area contributed by atoms with Crippen LogP contribution < -0.4 is 5.32 Å². The molecule has 0 aromatic rings. The summed E-state index contributed by atoms with van der Waals surface area (Å²) in [6.45, 7) is 11.8. The van der Waals surface area contributed by atoms with Gasteiger partial charge in [0.25, 0.3) is 0 Å². The van der Waals surface area contributed by atoms with Crippen molar-refractivity contribution in [3.05, 3.63) is 0 Å². The first kappa shape index (κ1) is 13.9. The fourth-order valence-electron chi connectivity index (χ4n) is 2.19. The molecule has 2 aliphatic rings. The number of fused-ring (bicyclic) bond motifs is 1. The molecule has 0 radical (unpaired) electrons. The Labute approximate surface area is 90.1 Å². The summed E-state index contributed by atoms with van der Waals surface area (Å²) in [5.74, 6) is 0.996. The van der Waals surface area contributed by atoms with Crippen molar-refractivity contribution in [1.82, 2.24) is 10.2 Å². The van der Waals surface area contributed by atoms with Gasteiger partial charge >= 0.3 is 0 Å². The highest BCUT2D eigenvalue weighted by atomic mass is 15.1. The van der Waals surface area contributed by atoms with E-state index in [4.69, 9.17) is 0 Å². The van der Waals surface area contributed by atoms with Crippen molar-refractivity contribution >= 4 is 0 Å². The van der Waals surface area contributed by atoms with E-state index in [1.807, 2.05) is 27.7 Å². The molecule has 0 aromatic carbocycles. The van der Waals surface area contributed by atoms with Gasteiger partial charge in [-0.1, -0.05) is 27.7 Å². The Kier molecular flexibility index (Phi) is 8.20. The van der Waals surface area contributed by atoms with Crippen LogP contribution in [-0.2, 0) is 0 Å². The molecule has 0 aliphatic carbocycles. The van der Waals surface area contributed by atoms with Crippen LogP contribution >= 0.6 is 0 Å². The van der Waals surface area contributed by atoms with Crippen molar-refractivity contribution in [2.75, 3.05) is 26.7 Å². The molecule has 2 heteroatoms. The first-order chi connectivity index (χ1) is 6.86. The highest BCUT2D eigenvalue weighted by Gasteiger charge is 2.30. The van der Waals surface area contributed by atoms with Crippen molar-refractivity contribution in [2.45, 2.75) is 46.6 Å². The van der Waals surface area contributed by atoms with Crippen LogP contribution in [0.5, 0.6) is 0 Å². The molecule has 1 N–H and O–H groups in total. The quantitative estimate of drug-likeness (QED) is 0.646. The monoisotopic (exact) mass is 200 g/mol. The lowest BCUT2D eigenvalue weighted by Gasteiger charge is -2.31. The van der Waals surface area contributed by atoms with E-state index in [1.165, 1.54) is 32.5 Å². The van der Waals surface area contributed by atoms with E-state index < -0.39 is 0 Å². The Morgan fingerprint density at radius 3 is 2.36 bits per heavy atom. The Hall–Kier alpha value is -0.0800. The van der Waals surface area contributed by atoms with Crippen LogP contribution in [0, 0.1) is 5.92 Å². The summed E-state index contributed by atoms with van der Waals surface area (Å²) in [6.07, 6.45) is 2.83. The molecule has 86 valence electrons. The lowest BCUT2D eigenvalue weighted by Crippen LogP contribution is -2.44. The number of hydrogen-bond acceptors (Lipinski definition) is 2. The molecule has 14 heavy (non-hydrogen) atoms. The fourth-order valence-corrected chi connectivity index (χ4v) is 2.19. The second-order valence-corrected chi connectivity index (χ2v) is 3.66. The Bertz CT molecular complexity index is 125. The van der Waals surface area contributed by atoms with E-state index in [0.29, 0.717) is 0 Å². The summed E-state index contributed by atoms with van der Waals surface area (Å²) in [5.41, 5.74) is 0. The lowest BCUT2D eigenvalue weighted by atomic mass is 9.93. The molecule has 0 bridgehead atoms. The first-order valence-corrected chi connectivity index (χ1v) is 6.28. The van der Waals surface area contributed by atoms with Crippen LogP contribution in [0.25, 0.3) is 0 Å². The van der Waals surface area contributed by atoms with Gasteiger partial charge in [0.2, 0.25) is 0 Å². The molecular weight excluding hydrogens is 172 g/mol. The molecule has 2 unspecified atom stereocenters. The number of hydrogen-bond donors (Lipinski definition) is 1. The zero-order valence-electron chi connectivity index (χ0n) is 10.6. The van der Waals surface area contributed by atoms with E-state index in [9.17, 15) is 0 Å². The van der Waals surface area contributed by atoms with E-state index in [1.54, 1.807) is 0 Å². The molecule has 2 fully saturated rings. The van der Waals surface area contributed by atoms with Gasteiger partial charge < -0.3 is 10.2 Å². The molecule has 2 nitrogen and oxygen atoms in total. The summed E-state index contributed by atoms with van der Waals surface area (Å²) in [6, 6.07) is 0.818. The van der Waals surface area contributed by atoms with Crippen molar-refractivity contribution in [3.8, 4) is 0 Å². The summed E-state index contributed by atoms with van der Waals surface area (Å²) in [5, 5.41) is 3.55. The van der Waals surface area contributed by atoms with E-state index in [0.717, 1.165) is 12.0 Å². The average molecular weight is 200 g/mol. The highest BCUT2D eigenvalue weighted by molar-refractivity contribution is 4.89. The van der Waals surface area contributed by atoms with E-state index in [-0.39, 0.29) is 0 Å². The van der Waals surface area contributed by atoms with Crippen LogP contribution in [0.2, 0.25) is 0 Å². The van der Waals surface area contributed by atoms with Gasteiger partial charge in [0.15, 0.2) is 0 Å². The SMILES string of the molecule is CC.CC.CN1CCC2CCNC2C1.